The summed E-state index contributed by atoms with van der Waals surface area (Å²) in [6.07, 6.45) is 0.850. The van der Waals surface area contributed by atoms with Gasteiger partial charge in [0.25, 0.3) is 10.0 Å². The van der Waals surface area contributed by atoms with Gasteiger partial charge < -0.3 is 0 Å². The summed E-state index contributed by atoms with van der Waals surface area (Å²) in [4.78, 5) is 1.07. The normalized spacial score (nSPS) is 11.6. The standard InChI is InChI=1S/C15H19NO2S2/c1-5-13-6-7-14(19-13)20(17,18)16-15-11(3)8-10(2)9-12(15)4/h6-9,16H,5H2,1-4H3. The predicted molar refractivity (Wildman–Crippen MR) is 85.2 cm³/mol. The van der Waals surface area contributed by atoms with Gasteiger partial charge in [0, 0.05) is 4.88 Å². The number of benzene rings is 1. The van der Waals surface area contributed by atoms with Gasteiger partial charge in [0.2, 0.25) is 0 Å². The topological polar surface area (TPSA) is 46.2 Å². The maximum atomic E-state index is 12.4. The van der Waals surface area contributed by atoms with Crippen LogP contribution in [0.4, 0.5) is 5.69 Å². The maximum absolute atomic E-state index is 12.4. The average molecular weight is 309 g/mol. The Kier molecular flexibility index (Phi) is 4.20. The predicted octanol–water partition coefficient (Wildman–Crippen LogP) is 4.04. The van der Waals surface area contributed by atoms with E-state index in [2.05, 4.69) is 4.72 Å². The highest BCUT2D eigenvalue weighted by atomic mass is 32.2. The largest absolute Gasteiger partial charge is 0.278 e. The van der Waals surface area contributed by atoms with E-state index in [1.165, 1.54) is 11.3 Å². The first-order chi connectivity index (χ1) is 9.33. The van der Waals surface area contributed by atoms with Crippen molar-refractivity contribution in [3.63, 3.8) is 0 Å². The lowest BCUT2D eigenvalue weighted by Gasteiger charge is -2.13. The van der Waals surface area contributed by atoms with E-state index in [4.69, 9.17) is 0 Å². The molecule has 1 aromatic carbocycles. The molecule has 0 bridgehead atoms. The zero-order valence-corrected chi connectivity index (χ0v) is 13.8. The van der Waals surface area contributed by atoms with Crippen LogP contribution in [0.2, 0.25) is 0 Å². The molecule has 0 unspecified atom stereocenters. The summed E-state index contributed by atoms with van der Waals surface area (Å²) in [6.45, 7) is 7.86. The third-order valence-electron chi connectivity index (χ3n) is 3.16. The minimum atomic E-state index is -3.49. The summed E-state index contributed by atoms with van der Waals surface area (Å²) in [5, 5.41) is 0. The molecule has 5 heteroatoms. The summed E-state index contributed by atoms with van der Waals surface area (Å²) in [6, 6.07) is 7.51. The number of hydrogen-bond donors (Lipinski definition) is 1. The zero-order valence-electron chi connectivity index (χ0n) is 12.1. The molecule has 0 amide bonds. The van der Waals surface area contributed by atoms with E-state index in [-0.39, 0.29) is 0 Å². The third kappa shape index (κ3) is 3.04. The van der Waals surface area contributed by atoms with Gasteiger partial charge in [0.1, 0.15) is 4.21 Å². The van der Waals surface area contributed by atoms with Crippen LogP contribution < -0.4 is 4.72 Å². The van der Waals surface area contributed by atoms with Crippen molar-refractivity contribution in [3.05, 3.63) is 45.8 Å². The second-order valence-corrected chi connectivity index (χ2v) is 8.03. The Labute approximate surface area is 124 Å². The van der Waals surface area contributed by atoms with E-state index < -0.39 is 10.0 Å². The molecule has 0 radical (unpaired) electrons. The van der Waals surface area contributed by atoms with E-state index in [0.717, 1.165) is 28.0 Å². The Morgan fingerprint density at radius 1 is 1.10 bits per heavy atom. The smallest absolute Gasteiger partial charge is 0.271 e. The van der Waals surface area contributed by atoms with Crippen molar-refractivity contribution in [3.8, 4) is 0 Å². The lowest BCUT2D eigenvalue weighted by molar-refractivity contribution is 0.603. The Balaban J connectivity index is 2.38. The first-order valence-corrected chi connectivity index (χ1v) is 8.83. The van der Waals surface area contributed by atoms with Gasteiger partial charge in [-0.15, -0.1) is 11.3 Å². The molecular formula is C15H19NO2S2. The number of anilines is 1. The van der Waals surface area contributed by atoms with Crippen molar-refractivity contribution in [2.24, 2.45) is 0 Å². The van der Waals surface area contributed by atoms with Gasteiger partial charge in [-0.3, -0.25) is 4.72 Å². The molecule has 0 atom stereocenters. The molecule has 1 aromatic heterocycles. The number of hydrogen-bond acceptors (Lipinski definition) is 3. The molecule has 108 valence electrons. The third-order valence-corrected chi connectivity index (χ3v) is 6.23. The van der Waals surface area contributed by atoms with E-state index in [1.54, 1.807) is 6.07 Å². The Morgan fingerprint density at radius 3 is 2.20 bits per heavy atom. The summed E-state index contributed by atoms with van der Waals surface area (Å²) in [7, 11) is -3.49. The molecular weight excluding hydrogens is 290 g/mol. The number of rotatable bonds is 4. The molecule has 0 aliphatic carbocycles. The first kappa shape index (κ1) is 15.1. The number of aryl methyl sites for hydroxylation is 4. The van der Waals surface area contributed by atoms with E-state index in [0.29, 0.717) is 9.90 Å². The quantitative estimate of drug-likeness (QED) is 0.926. The number of nitrogens with one attached hydrogen (secondary N) is 1. The van der Waals surface area contributed by atoms with Gasteiger partial charge in [0.15, 0.2) is 0 Å². The summed E-state index contributed by atoms with van der Waals surface area (Å²) >= 11 is 1.32. The molecule has 0 aliphatic rings. The summed E-state index contributed by atoms with van der Waals surface area (Å²) < 4.78 is 27.9. The molecule has 0 spiro atoms. The van der Waals surface area contributed by atoms with Crippen LogP contribution in [0.25, 0.3) is 0 Å². The maximum Gasteiger partial charge on any atom is 0.271 e. The first-order valence-electron chi connectivity index (χ1n) is 6.53. The molecule has 1 N–H and O–H groups in total. The van der Waals surface area contributed by atoms with Crippen molar-refractivity contribution >= 4 is 27.0 Å². The number of sulfonamides is 1. The Bertz CT molecular complexity index is 707. The van der Waals surface area contributed by atoms with E-state index in [1.807, 2.05) is 45.9 Å². The molecule has 2 aromatic rings. The van der Waals surface area contributed by atoms with Crippen LogP contribution in [0.1, 0.15) is 28.5 Å². The highest BCUT2D eigenvalue weighted by Crippen LogP contribution is 2.28. The Hall–Kier alpha value is -1.33. The number of thiophene rings is 1. The van der Waals surface area contributed by atoms with Crippen molar-refractivity contribution in [1.82, 2.24) is 0 Å². The van der Waals surface area contributed by atoms with E-state index in [9.17, 15) is 8.42 Å². The van der Waals surface area contributed by atoms with Gasteiger partial charge in [-0.1, -0.05) is 24.6 Å². The fraction of sp³-hybridized carbons (Fsp3) is 0.333. The second-order valence-electron chi connectivity index (χ2n) is 4.95. The SMILES string of the molecule is CCc1ccc(S(=O)(=O)Nc2c(C)cc(C)cc2C)s1. The lowest BCUT2D eigenvalue weighted by Crippen LogP contribution is -2.13. The Morgan fingerprint density at radius 2 is 1.70 bits per heavy atom. The van der Waals surface area contributed by atoms with Gasteiger partial charge in [-0.25, -0.2) is 8.42 Å². The van der Waals surface area contributed by atoms with Crippen molar-refractivity contribution < 1.29 is 8.42 Å². The lowest BCUT2D eigenvalue weighted by atomic mass is 10.1. The zero-order chi connectivity index (χ0) is 14.9. The van der Waals surface area contributed by atoms with Crippen LogP contribution in [0.3, 0.4) is 0 Å². The molecule has 0 aliphatic heterocycles. The molecule has 0 fully saturated rings. The molecule has 1 heterocycles. The average Bonchev–Trinajstić information content (AvgIpc) is 2.83. The van der Waals surface area contributed by atoms with Crippen molar-refractivity contribution in [1.29, 1.82) is 0 Å². The van der Waals surface area contributed by atoms with Gasteiger partial charge >= 0.3 is 0 Å². The monoisotopic (exact) mass is 309 g/mol. The molecule has 0 saturated carbocycles. The van der Waals surface area contributed by atoms with Gasteiger partial charge in [-0.2, -0.15) is 0 Å². The highest BCUT2D eigenvalue weighted by molar-refractivity contribution is 7.94. The molecule has 3 nitrogen and oxygen atoms in total. The fourth-order valence-electron chi connectivity index (χ4n) is 2.22. The van der Waals surface area contributed by atoms with Crippen LogP contribution in [0.15, 0.2) is 28.5 Å². The fourth-order valence-corrected chi connectivity index (χ4v) is 4.72. The van der Waals surface area contributed by atoms with Crippen LogP contribution in [-0.2, 0) is 16.4 Å². The highest BCUT2D eigenvalue weighted by Gasteiger charge is 2.18. The van der Waals surface area contributed by atoms with E-state index >= 15 is 0 Å². The van der Waals surface area contributed by atoms with Crippen LogP contribution in [-0.4, -0.2) is 8.42 Å². The van der Waals surface area contributed by atoms with Gasteiger partial charge in [0.05, 0.1) is 5.69 Å². The molecule has 0 saturated heterocycles. The van der Waals surface area contributed by atoms with Crippen LogP contribution >= 0.6 is 11.3 Å². The van der Waals surface area contributed by atoms with Crippen LogP contribution in [0, 0.1) is 20.8 Å². The van der Waals surface area contributed by atoms with Crippen LogP contribution in [0.5, 0.6) is 0 Å². The second kappa shape index (κ2) is 5.58. The minimum absolute atomic E-state index is 0.369. The van der Waals surface area contributed by atoms with Gasteiger partial charge in [-0.05, 0) is 50.5 Å². The summed E-state index contributed by atoms with van der Waals surface area (Å²) in [5.74, 6) is 0. The van der Waals surface area contributed by atoms with Crippen molar-refractivity contribution in [2.45, 2.75) is 38.3 Å². The van der Waals surface area contributed by atoms with Crippen molar-refractivity contribution in [2.75, 3.05) is 4.72 Å². The summed E-state index contributed by atoms with van der Waals surface area (Å²) in [5.41, 5.74) is 3.70. The molecule has 2 rings (SSSR count). The minimum Gasteiger partial charge on any atom is -0.278 e. The molecule has 20 heavy (non-hydrogen) atoms.